The van der Waals surface area contributed by atoms with Crippen LogP contribution in [0.3, 0.4) is 0 Å². The zero-order chi connectivity index (χ0) is 15.2. The van der Waals surface area contributed by atoms with Crippen LogP contribution < -0.4 is 4.72 Å². The van der Waals surface area contributed by atoms with Gasteiger partial charge in [-0.1, -0.05) is 26.2 Å². The van der Waals surface area contributed by atoms with Crippen molar-refractivity contribution in [3.63, 3.8) is 0 Å². The number of rotatable bonds is 8. The molecule has 6 nitrogen and oxygen atoms in total. The molecule has 0 bridgehead atoms. The monoisotopic (exact) mass is 306 g/mol. The number of carboxylic acids is 1. The van der Waals surface area contributed by atoms with E-state index in [1.54, 1.807) is 0 Å². The minimum Gasteiger partial charge on any atom is -0.480 e. The van der Waals surface area contributed by atoms with Gasteiger partial charge in [-0.15, -0.1) is 0 Å². The first kappa shape index (κ1) is 17.4. The number of aliphatic carboxylic acids is 1. The van der Waals surface area contributed by atoms with Gasteiger partial charge in [0, 0.05) is 12.6 Å². The first-order valence-corrected chi connectivity index (χ1v) is 8.84. The van der Waals surface area contributed by atoms with Gasteiger partial charge in [0.15, 0.2) is 0 Å². The van der Waals surface area contributed by atoms with Crippen molar-refractivity contribution in [3.8, 4) is 0 Å². The standard InChI is InChI=1S/C13H26N2O4S/c1-3-4-5-8-11(2)14-20(18,19)15-10-7-6-9-12(15)13(16)17/h11-12,14H,3-10H2,1-2H3,(H,16,17). The van der Waals surface area contributed by atoms with Crippen LogP contribution in [0.1, 0.15) is 58.8 Å². The second-order valence-corrected chi connectivity index (χ2v) is 7.14. The molecular weight excluding hydrogens is 280 g/mol. The third-order valence-electron chi connectivity index (χ3n) is 3.64. The fraction of sp³-hybridized carbons (Fsp3) is 0.923. The van der Waals surface area contributed by atoms with Crippen molar-refractivity contribution < 1.29 is 18.3 Å². The molecule has 1 fully saturated rings. The molecule has 1 rings (SSSR count). The van der Waals surface area contributed by atoms with Gasteiger partial charge >= 0.3 is 5.97 Å². The quantitative estimate of drug-likeness (QED) is 0.669. The van der Waals surface area contributed by atoms with E-state index in [4.69, 9.17) is 5.11 Å². The SMILES string of the molecule is CCCCCC(C)NS(=O)(=O)N1CCCCC1C(=O)O. The third kappa shape index (κ3) is 5.03. The van der Waals surface area contributed by atoms with E-state index in [-0.39, 0.29) is 12.6 Å². The number of hydrogen-bond donors (Lipinski definition) is 2. The maximum atomic E-state index is 12.3. The maximum absolute atomic E-state index is 12.3. The van der Waals surface area contributed by atoms with Crippen molar-refractivity contribution in [2.75, 3.05) is 6.54 Å². The fourth-order valence-corrected chi connectivity index (χ4v) is 4.18. The number of nitrogens with one attached hydrogen (secondary N) is 1. The van der Waals surface area contributed by atoms with Gasteiger partial charge in [0.2, 0.25) is 0 Å². The lowest BCUT2D eigenvalue weighted by Gasteiger charge is -2.32. The van der Waals surface area contributed by atoms with Crippen LogP contribution in [0.4, 0.5) is 0 Å². The molecule has 1 aliphatic heterocycles. The molecule has 2 atom stereocenters. The van der Waals surface area contributed by atoms with E-state index in [9.17, 15) is 13.2 Å². The summed E-state index contributed by atoms with van der Waals surface area (Å²) in [5.74, 6) is -1.06. The summed E-state index contributed by atoms with van der Waals surface area (Å²) in [6, 6.07) is -1.09. The molecule has 0 amide bonds. The van der Waals surface area contributed by atoms with Gasteiger partial charge in [-0.05, 0) is 32.6 Å². The number of hydrogen-bond acceptors (Lipinski definition) is 3. The zero-order valence-corrected chi connectivity index (χ0v) is 13.2. The molecule has 0 aromatic carbocycles. The number of piperidine rings is 1. The molecule has 7 heteroatoms. The molecule has 2 N–H and O–H groups in total. The van der Waals surface area contributed by atoms with Gasteiger partial charge in [0.1, 0.15) is 6.04 Å². The highest BCUT2D eigenvalue weighted by Crippen LogP contribution is 2.20. The summed E-state index contributed by atoms with van der Waals surface area (Å²) in [7, 11) is -3.71. The lowest BCUT2D eigenvalue weighted by molar-refractivity contribution is -0.142. The van der Waals surface area contributed by atoms with Crippen molar-refractivity contribution in [1.29, 1.82) is 0 Å². The third-order valence-corrected chi connectivity index (χ3v) is 5.39. The average Bonchev–Trinajstić information content (AvgIpc) is 2.38. The number of nitrogens with zero attached hydrogens (tertiary/aromatic N) is 1. The van der Waals surface area contributed by atoms with E-state index in [2.05, 4.69) is 11.6 Å². The highest BCUT2D eigenvalue weighted by atomic mass is 32.2. The number of carbonyl (C=O) groups is 1. The molecule has 1 aliphatic rings. The predicted molar refractivity (Wildman–Crippen MR) is 77.6 cm³/mol. The van der Waals surface area contributed by atoms with Crippen molar-refractivity contribution in [2.24, 2.45) is 0 Å². The largest absolute Gasteiger partial charge is 0.480 e. The summed E-state index contributed by atoms with van der Waals surface area (Å²) in [4.78, 5) is 11.2. The Morgan fingerprint density at radius 1 is 1.40 bits per heavy atom. The molecule has 0 aromatic heterocycles. The second kappa shape index (κ2) is 7.95. The number of carboxylic acid groups (broad SMARTS) is 1. The fourth-order valence-electron chi connectivity index (χ4n) is 2.52. The van der Waals surface area contributed by atoms with Crippen LogP contribution in [0.25, 0.3) is 0 Å². The van der Waals surface area contributed by atoms with E-state index in [1.165, 1.54) is 0 Å². The highest BCUT2D eigenvalue weighted by molar-refractivity contribution is 7.87. The van der Waals surface area contributed by atoms with Crippen molar-refractivity contribution in [1.82, 2.24) is 9.03 Å². The summed E-state index contributed by atoms with van der Waals surface area (Å²) < 4.78 is 28.3. The van der Waals surface area contributed by atoms with Crippen molar-refractivity contribution in [3.05, 3.63) is 0 Å². The molecule has 1 heterocycles. The van der Waals surface area contributed by atoms with E-state index in [1.807, 2.05) is 6.92 Å². The molecule has 0 saturated carbocycles. The molecular formula is C13H26N2O4S. The van der Waals surface area contributed by atoms with Crippen LogP contribution in [-0.4, -0.2) is 42.4 Å². The molecule has 0 radical (unpaired) electrons. The van der Waals surface area contributed by atoms with Crippen molar-refractivity contribution in [2.45, 2.75) is 70.9 Å². The summed E-state index contributed by atoms with van der Waals surface area (Å²) in [5, 5.41) is 9.15. The minimum absolute atomic E-state index is 0.164. The Kier molecular flexibility index (Phi) is 6.91. The smallest absolute Gasteiger partial charge is 0.322 e. The topological polar surface area (TPSA) is 86.7 Å². The Labute approximate surface area is 121 Å². The summed E-state index contributed by atoms with van der Waals surface area (Å²) >= 11 is 0. The lowest BCUT2D eigenvalue weighted by atomic mass is 10.1. The molecule has 2 unspecified atom stereocenters. The average molecular weight is 306 g/mol. The van der Waals surface area contributed by atoms with Crippen LogP contribution in [0.5, 0.6) is 0 Å². The normalized spacial score (nSPS) is 22.6. The molecule has 1 saturated heterocycles. The molecule has 0 aromatic rings. The second-order valence-electron chi connectivity index (χ2n) is 5.48. The van der Waals surface area contributed by atoms with Gasteiger partial charge in [-0.25, -0.2) is 0 Å². The van der Waals surface area contributed by atoms with Crippen LogP contribution in [0.2, 0.25) is 0 Å². The Morgan fingerprint density at radius 2 is 2.10 bits per heavy atom. The molecule has 118 valence electrons. The Bertz CT molecular complexity index is 411. The van der Waals surface area contributed by atoms with Crippen LogP contribution in [0.15, 0.2) is 0 Å². The Hall–Kier alpha value is -0.660. The van der Waals surface area contributed by atoms with Crippen LogP contribution in [-0.2, 0) is 15.0 Å². The zero-order valence-electron chi connectivity index (χ0n) is 12.3. The van der Waals surface area contributed by atoms with Gasteiger partial charge in [-0.3, -0.25) is 4.79 Å². The Morgan fingerprint density at radius 3 is 2.70 bits per heavy atom. The first-order chi connectivity index (χ1) is 9.38. The van der Waals surface area contributed by atoms with Gasteiger partial charge in [0.25, 0.3) is 10.2 Å². The van der Waals surface area contributed by atoms with E-state index in [0.717, 1.165) is 42.8 Å². The molecule has 20 heavy (non-hydrogen) atoms. The maximum Gasteiger partial charge on any atom is 0.322 e. The van der Waals surface area contributed by atoms with Crippen LogP contribution >= 0.6 is 0 Å². The summed E-state index contributed by atoms with van der Waals surface area (Å²) in [6.07, 6.45) is 5.78. The minimum atomic E-state index is -3.71. The summed E-state index contributed by atoms with van der Waals surface area (Å²) in [6.45, 7) is 4.21. The highest BCUT2D eigenvalue weighted by Gasteiger charge is 2.37. The molecule has 0 spiro atoms. The van der Waals surface area contributed by atoms with E-state index < -0.39 is 22.2 Å². The van der Waals surface area contributed by atoms with Gasteiger partial charge in [0.05, 0.1) is 0 Å². The van der Waals surface area contributed by atoms with E-state index in [0.29, 0.717) is 6.42 Å². The first-order valence-electron chi connectivity index (χ1n) is 7.40. The Balaban J connectivity index is 2.63. The lowest BCUT2D eigenvalue weighted by Crippen LogP contribution is -2.53. The van der Waals surface area contributed by atoms with Crippen LogP contribution in [0, 0.1) is 0 Å². The van der Waals surface area contributed by atoms with E-state index >= 15 is 0 Å². The summed E-state index contributed by atoms with van der Waals surface area (Å²) in [5.41, 5.74) is 0. The predicted octanol–water partition coefficient (Wildman–Crippen LogP) is 1.73. The number of unbranched alkanes of at least 4 members (excludes halogenated alkanes) is 2. The van der Waals surface area contributed by atoms with Gasteiger partial charge in [-0.2, -0.15) is 17.4 Å². The molecule has 0 aliphatic carbocycles. The van der Waals surface area contributed by atoms with Crippen molar-refractivity contribution >= 4 is 16.2 Å². The van der Waals surface area contributed by atoms with Gasteiger partial charge < -0.3 is 5.11 Å².